The Hall–Kier alpha value is -1.72. The molecule has 1 saturated heterocycles. The Balaban J connectivity index is 1.96. The number of H-pyrrole nitrogens is 1. The molecule has 0 unspecified atom stereocenters. The van der Waals surface area contributed by atoms with E-state index in [1.165, 1.54) is 10.5 Å². The summed E-state index contributed by atoms with van der Waals surface area (Å²) in [5.41, 5.74) is 4.11. The van der Waals surface area contributed by atoms with Crippen molar-refractivity contribution in [1.82, 2.24) is 4.98 Å². The molecule has 6 heteroatoms. The predicted molar refractivity (Wildman–Crippen MR) is 105 cm³/mol. The van der Waals surface area contributed by atoms with Gasteiger partial charge in [0.1, 0.15) is 24.9 Å². The summed E-state index contributed by atoms with van der Waals surface area (Å²) in [5, 5.41) is 12.7. The summed E-state index contributed by atoms with van der Waals surface area (Å²) in [6, 6.07) is 11.6. The van der Waals surface area contributed by atoms with E-state index < -0.39 is 0 Å². The van der Waals surface area contributed by atoms with E-state index in [1.54, 1.807) is 6.07 Å². The number of aromatic amines is 1. The molecule has 2 aromatic carbocycles. The fourth-order valence-electron chi connectivity index (χ4n) is 3.98. The minimum atomic E-state index is -0.0775. The number of phenols is 1. The molecule has 0 aliphatic carbocycles. The molecule has 2 heterocycles. The zero-order valence-corrected chi connectivity index (χ0v) is 16.0. The second kappa shape index (κ2) is 7.12. The Bertz CT molecular complexity index is 948. The summed E-state index contributed by atoms with van der Waals surface area (Å²) in [7, 11) is 0. The quantitative estimate of drug-likeness (QED) is 0.639. The number of aromatic hydroxyl groups is 1. The molecule has 0 bridgehead atoms. The van der Waals surface area contributed by atoms with Gasteiger partial charge in [0.25, 0.3) is 0 Å². The third-order valence-electron chi connectivity index (χ3n) is 5.14. The molecule has 1 aliphatic rings. The maximum atomic E-state index is 10.7. The number of hydrogen-bond donors (Lipinski definition) is 3. The van der Waals surface area contributed by atoms with Crippen LogP contribution in [0.4, 0.5) is 0 Å². The number of quaternary nitrogens is 1. The zero-order chi connectivity index (χ0) is 18.3. The van der Waals surface area contributed by atoms with Gasteiger partial charge in [0.05, 0.1) is 23.8 Å². The lowest BCUT2D eigenvalue weighted by Crippen LogP contribution is -3.14. The summed E-state index contributed by atoms with van der Waals surface area (Å²) in [6.45, 7) is 5.18. The van der Waals surface area contributed by atoms with Crippen molar-refractivity contribution >= 4 is 34.1 Å². The SMILES string of the molecule is Cc1[nH]c2ccccc2c1[C@H](c1cc(Cl)cc(Cl)c1O)[NH+]1CCOCC1. The first kappa shape index (κ1) is 17.7. The number of para-hydroxylation sites is 1. The predicted octanol–water partition coefficient (Wildman–Crippen LogP) is 3.49. The molecule has 0 saturated carbocycles. The highest BCUT2D eigenvalue weighted by Crippen LogP contribution is 2.39. The Kier molecular flexibility index (Phi) is 4.84. The highest BCUT2D eigenvalue weighted by molar-refractivity contribution is 6.35. The molecule has 3 N–H and O–H groups in total. The van der Waals surface area contributed by atoms with Crippen LogP contribution in [0.3, 0.4) is 0 Å². The average Bonchev–Trinajstić information content (AvgIpc) is 2.96. The Morgan fingerprint density at radius 2 is 1.88 bits per heavy atom. The molecular formula is C20H21Cl2N2O2+. The zero-order valence-electron chi connectivity index (χ0n) is 14.5. The number of morpholine rings is 1. The van der Waals surface area contributed by atoms with Crippen LogP contribution < -0.4 is 4.90 Å². The number of hydrogen-bond acceptors (Lipinski definition) is 2. The van der Waals surface area contributed by atoms with Gasteiger partial charge in [-0.3, -0.25) is 0 Å². The van der Waals surface area contributed by atoms with Crippen molar-refractivity contribution in [3.8, 4) is 5.75 Å². The summed E-state index contributed by atoms with van der Waals surface area (Å²) in [4.78, 5) is 4.80. The molecular weight excluding hydrogens is 371 g/mol. The van der Waals surface area contributed by atoms with E-state index in [1.807, 2.05) is 18.2 Å². The van der Waals surface area contributed by atoms with Gasteiger partial charge in [-0.1, -0.05) is 41.4 Å². The molecule has 3 aromatic rings. The van der Waals surface area contributed by atoms with E-state index in [2.05, 4.69) is 24.0 Å². The molecule has 0 radical (unpaired) electrons. The normalized spacial score (nSPS) is 16.9. The van der Waals surface area contributed by atoms with E-state index in [0.29, 0.717) is 18.2 Å². The van der Waals surface area contributed by atoms with Gasteiger partial charge in [-0.25, -0.2) is 0 Å². The monoisotopic (exact) mass is 391 g/mol. The van der Waals surface area contributed by atoms with E-state index in [9.17, 15) is 5.11 Å². The van der Waals surface area contributed by atoms with E-state index in [4.69, 9.17) is 27.9 Å². The lowest BCUT2D eigenvalue weighted by Gasteiger charge is -2.32. The van der Waals surface area contributed by atoms with Crippen LogP contribution in [0, 0.1) is 6.92 Å². The maximum Gasteiger partial charge on any atom is 0.145 e. The van der Waals surface area contributed by atoms with Crippen molar-refractivity contribution in [2.24, 2.45) is 0 Å². The first-order chi connectivity index (χ1) is 12.6. The van der Waals surface area contributed by atoms with Gasteiger partial charge < -0.3 is 19.7 Å². The van der Waals surface area contributed by atoms with Crippen molar-refractivity contribution in [3.63, 3.8) is 0 Å². The van der Waals surface area contributed by atoms with Gasteiger partial charge in [0, 0.05) is 27.2 Å². The highest BCUT2D eigenvalue weighted by atomic mass is 35.5. The van der Waals surface area contributed by atoms with Crippen molar-refractivity contribution in [2.75, 3.05) is 26.3 Å². The number of fused-ring (bicyclic) bond motifs is 1. The summed E-state index contributed by atoms with van der Waals surface area (Å²) < 4.78 is 5.56. The minimum absolute atomic E-state index is 0.0775. The van der Waals surface area contributed by atoms with Gasteiger partial charge >= 0.3 is 0 Å². The van der Waals surface area contributed by atoms with Crippen LogP contribution in [0.15, 0.2) is 36.4 Å². The average molecular weight is 392 g/mol. The first-order valence-electron chi connectivity index (χ1n) is 8.73. The third-order valence-corrected chi connectivity index (χ3v) is 5.65. The Morgan fingerprint density at radius 3 is 2.65 bits per heavy atom. The van der Waals surface area contributed by atoms with Crippen LogP contribution in [0.25, 0.3) is 10.9 Å². The van der Waals surface area contributed by atoms with Gasteiger partial charge in [0.15, 0.2) is 0 Å². The topological polar surface area (TPSA) is 49.7 Å². The van der Waals surface area contributed by atoms with Crippen LogP contribution in [0.5, 0.6) is 5.75 Å². The molecule has 1 aromatic heterocycles. The molecule has 136 valence electrons. The van der Waals surface area contributed by atoms with E-state index in [0.717, 1.165) is 35.2 Å². The molecule has 1 aliphatic heterocycles. The lowest BCUT2D eigenvalue weighted by molar-refractivity contribution is -0.933. The fraction of sp³-hybridized carbons (Fsp3) is 0.300. The number of aryl methyl sites for hydroxylation is 1. The standard InChI is InChI=1S/C20H20Cl2N2O2/c1-12-18(14-4-2-3-5-17(14)23-12)19(24-6-8-26-9-7-24)15-10-13(21)11-16(22)20(15)25/h2-5,10-11,19,23,25H,6-9H2,1H3/p+1/t19-/m0/s1. The molecule has 1 fully saturated rings. The van der Waals surface area contributed by atoms with E-state index in [-0.39, 0.29) is 16.8 Å². The van der Waals surface area contributed by atoms with Crippen molar-refractivity contribution in [2.45, 2.75) is 13.0 Å². The van der Waals surface area contributed by atoms with Crippen molar-refractivity contribution < 1.29 is 14.7 Å². The van der Waals surface area contributed by atoms with Crippen LogP contribution >= 0.6 is 23.2 Å². The number of benzene rings is 2. The maximum absolute atomic E-state index is 10.7. The third kappa shape index (κ3) is 3.08. The van der Waals surface area contributed by atoms with Crippen molar-refractivity contribution in [1.29, 1.82) is 0 Å². The lowest BCUT2D eigenvalue weighted by atomic mass is 9.93. The summed E-state index contributed by atoms with van der Waals surface area (Å²) >= 11 is 12.5. The largest absolute Gasteiger partial charge is 0.506 e. The Labute approximate surface area is 162 Å². The van der Waals surface area contributed by atoms with Gasteiger partial charge in [-0.2, -0.15) is 0 Å². The van der Waals surface area contributed by atoms with Crippen LogP contribution in [-0.2, 0) is 4.74 Å². The molecule has 0 amide bonds. The van der Waals surface area contributed by atoms with E-state index >= 15 is 0 Å². The molecule has 1 atom stereocenters. The Morgan fingerprint density at radius 1 is 1.15 bits per heavy atom. The van der Waals surface area contributed by atoms with Gasteiger partial charge in [-0.15, -0.1) is 0 Å². The van der Waals surface area contributed by atoms with Crippen LogP contribution in [0.1, 0.15) is 22.9 Å². The number of nitrogens with one attached hydrogen (secondary N) is 2. The number of rotatable bonds is 3. The molecule has 4 rings (SSSR count). The number of halogens is 2. The van der Waals surface area contributed by atoms with Crippen LogP contribution in [-0.4, -0.2) is 36.4 Å². The van der Waals surface area contributed by atoms with Crippen molar-refractivity contribution in [3.05, 3.63) is 63.3 Å². The summed E-state index contributed by atoms with van der Waals surface area (Å²) in [5.74, 6) is 0.102. The van der Waals surface area contributed by atoms with Gasteiger partial charge in [-0.05, 0) is 25.1 Å². The second-order valence-electron chi connectivity index (χ2n) is 6.74. The minimum Gasteiger partial charge on any atom is -0.506 e. The second-order valence-corrected chi connectivity index (χ2v) is 7.58. The molecule has 0 spiro atoms. The fourth-order valence-corrected chi connectivity index (χ4v) is 4.49. The molecule has 26 heavy (non-hydrogen) atoms. The molecule has 4 nitrogen and oxygen atoms in total. The first-order valence-corrected chi connectivity index (χ1v) is 9.49. The highest BCUT2D eigenvalue weighted by Gasteiger charge is 2.34. The number of ether oxygens (including phenoxy) is 1. The number of aromatic nitrogens is 1. The van der Waals surface area contributed by atoms with Crippen LogP contribution in [0.2, 0.25) is 10.0 Å². The van der Waals surface area contributed by atoms with Gasteiger partial charge in [0.2, 0.25) is 0 Å². The number of phenolic OH excluding ortho intramolecular Hbond substituents is 1. The summed E-state index contributed by atoms with van der Waals surface area (Å²) in [6.07, 6.45) is 0. The smallest absolute Gasteiger partial charge is 0.145 e.